The first-order chi connectivity index (χ1) is 8.04. The van der Waals surface area contributed by atoms with Gasteiger partial charge in [-0.15, -0.1) is 0 Å². The number of halogens is 1. The van der Waals surface area contributed by atoms with E-state index >= 15 is 0 Å². The SMILES string of the molecule is COC(=O)CC#Cc1ccc(Br)c(C(=O)O)c1. The van der Waals surface area contributed by atoms with Gasteiger partial charge in [0.2, 0.25) is 0 Å². The van der Waals surface area contributed by atoms with Crippen molar-refractivity contribution < 1.29 is 19.4 Å². The molecule has 0 aromatic heterocycles. The smallest absolute Gasteiger partial charge is 0.336 e. The Morgan fingerprint density at radius 2 is 2.18 bits per heavy atom. The number of esters is 1. The Kier molecular flexibility index (Phi) is 4.73. The van der Waals surface area contributed by atoms with Gasteiger partial charge < -0.3 is 9.84 Å². The minimum absolute atomic E-state index is 0.0189. The minimum Gasteiger partial charge on any atom is -0.478 e. The van der Waals surface area contributed by atoms with Gasteiger partial charge in [0, 0.05) is 10.0 Å². The van der Waals surface area contributed by atoms with Gasteiger partial charge in [-0.05, 0) is 34.1 Å². The van der Waals surface area contributed by atoms with Crippen LogP contribution >= 0.6 is 15.9 Å². The van der Waals surface area contributed by atoms with Crippen LogP contribution in [0.5, 0.6) is 0 Å². The van der Waals surface area contributed by atoms with Crippen LogP contribution < -0.4 is 0 Å². The van der Waals surface area contributed by atoms with Crippen molar-refractivity contribution in [2.45, 2.75) is 6.42 Å². The zero-order chi connectivity index (χ0) is 12.8. The van der Waals surface area contributed by atoms with Crippen LogP contribution in [0.2, 0.25) is 0 Å². The molecule has 1 aromatic carbocycles. The van der Waals surface area contributed by atoms with E-state index < -0.39 is 11.9 Å². The minimum atomic E-state index is -1.03. The molecule has 0 unspecified atom stereocenters. The highest BCUT2D eigenvalue weighted by Gasteiger charge is 2.07. The fraction of sp³-hybridized carbons (Fsp3) is 0.167. The summed E-state index contributed by atoms with van der Waals surface area (Å²) in [4.78, 5) is 21.7. The summed E-state index contributed by atoms with van der Waals surface area (Å²) < 4.78 is 4.92. The number of carbonyl (C=O) groups excluding carboxylic acids is 1. The molecule has 0 aliphatic rings. The van der Waals surface area contributed by atoms with Crippen molar-refractivity contribution in [1.82, 2.24) is 0 Å². The van der Waals surface area contributed by atoms with Crippen LogP contribution in [0, 0.1) is 11.8 Å². The van der Waals surface area contributed by atoms with E-state index in [4.69, 9.17) is 5.11 Å². The van der Waals surface area contributed by atoms with Crippen molar-refractivity contribution in [3.63, 3.8) is 0 Å². The summed E-state index contributed by atoms with van der Waals surface area (Å²) in [6.07, 6.45) is -0.0189. The lowest BCUT2D eigenvalue weighted by molar-refractivity contribution is -0.139. The number of rotatable bonds is 2. The molecule has 0 aliphatic heterocycles. The standard InChI is InChI=1S/C12H9BrO4/c1-17-11(14)4-2-3-8-5-6-10(13)9(7-8)12(15)16/h5-7H,4H2,1H3,(H,15,16). The maximum atomic E-state index is 10.9. The van der Waals surface area contributed by atoms with Crippen molar-refractivity contribution >= 4 is 27.9 Å². The third-order valence-electron chi connectivity index (χ3n) is 1.89. The number of methoxy groups -OCH3 is 1. The van der Waals surface area contributed by atoms with E-state index in [1.165, 1.54) is 13.2 Å². The first-order valence-corrected chi connectivity index (χ1v) is 5.42. The molecule has 0 aliphatic carbocycles. The molecule has 0 radical (unpaired) electrons. The normalized spacial score (nSPS) is 9.06. The first-order valence-electron chi connectivity index (χ1n) is 4.63. The Morgan fingerprint density at radius 1 is 1.47 bits per heavy atom. The number of ether oxygens (including phenoxy) is 1. The van der Waals surface area contributed by atoms with E-state index in [1.807, 2.05) is 0 Å². The maximum Gasteiger partial charge on any atom is 0.336 e. The Morgan fingerprint density at radius 3 is 2.76 bits per heavy atom. The van der Waals surface area contributed by atoms with E-state index in [-0.39, 0.29) is 12.0 Å². The summed E-state index contributed by atoms with van der Waals surface area (Å²) in [6, 6.07) is 4.71. The predicted octanol–water partition coefficient (Wildman–Crippen LogP) is 2.06. The molecule has 5 heteroatoms. The van der Waals surface area contributed by atoms with Crippen LogP contribution in [0.25, 0.3) is 0 Å². The topological polar surface area (TPSA) is 63.6 Å². The lowest BCUT2D eigenvalue weighted by Crippen LogP contribution is -1.98. The number of carbonyl (C=O) groups is 2. The lowest BCUT2D eigenvalue weighted by Gasteiger charge is -1.98. The van der Waals surface area contributed by atoms with Gasteiger partial charge in [0.1, 0.15) is 6.42 Å². The number of hydrogen-bond donors (Lipinski definition) is 1. The second-order valence-electron chi connectivity index (χ2n) is 3.05. The summed E-state index contributed by atoms with van der Waals surface area (Å²) >= 11 is 3.13. The van der Waals surface area contributed by atoms with Crippen LogP contribution in [-0.2, 0) is 9.53 Å². The lowest BCUT2D eigenvalue weighted by atomic mass is 10.1. The molecule has 17 heavy (non-hydrogen) atoms. The fourth-order valence-electron chi connectivity index (χ4n) is 1.06. The van der Waals surface area contributed by atoms with Crippen molar-refractivity contribution in [2.24, 2.45) is 0 Å². The van der Waals surface area contributed by atoms with Crippen molar-refractivity contribution in [3.05, 3.63) is 33.8 Å². The average Bonchev–Trinajstić information content (AvgIpc) is 2.30. The molecule has 0 saturated heterocycles. The van der Waals surface area contributed by atoms with E-state index in [9.17, 15) is 9.59 Å². The zero-order valence-corrected chi connectivity index (χ0v) is 10.6. The number of hydrogen-bond acceptors (Lipinski definition) is 3. The van der Waals surface area contributed by atoms with Crippen molar-refractivity contribution in [1.29, 1.82) is 0 Å². The Balaban J connectivity index is 2.89. The van der Waals surface area contributed by atoms with Crippen LogP contribution in [0.3, 0.4) is 0 Å². The van der Waals surface area contributed by atoms with Crippen LogP contribution in [0.15, 0.2) is 22.7 Å². The molecular formula is C12H9BrO4. The monoisotopic (exact) mass is 296 g/mol. The van der Waals surface area contributed by atoms with Crippen LogP contribution in [0.4, 0.5) is 0 Å². The largest absolute Gasteiger partial charge is 0.478 e. The molecule has 0 atom stereocenters. The number of carboxylic acids is 1. The predicted molar refractivity (Wildman–Crippen MR) is 64.6 cm³/mol. The van der Waals surface area contributed by atoms with E-state index in [0.29, 0.717) is 10.0 Å². The van der Waals surface area contributed by atoms with Crippen LogP contribution in [-0.4, -0.2) is 24.2 Å². The molecule has 4 nitrogen and oxygen atoms in total. The van der Waals surface area contributed by atoms with Crippen molar-refractivity contribution in [3.8, 4) is 11.8 Å². The first kappa shape index (κ1) is 13.3. The molecule has 0 bridgehead atoms. The highest BCUT2D eigenvalue weighted by Crippen LogP contribution is 2.17. The Bertz CT molecular complexity index is 511. The third-order valence-corrected chi connectivity index (χ3v) is 2.58. The van der Waals surface area contributed by atoms with Gasteiger partial charge in [-0.3, -0.25) is 4.79 Å². The molecule has 0 saturated carbocycles. The second-order valence-corrected chi connectivity index (χ2v) is 3.91. The molecule has 0 spiro atoms. The summed E-state index contributed by atoms with van der Waals surface area (Å²) in [5.41, 5.74) is 0.671. The number of aromatic carboxylic acids is 1. The molecule has 0 amide bonds. The van der Waals surface area contributed by atoms with Gasteiger partial charge in [-0.2, -0.15) is 0 Å². The number of carboxylic acid groups (broad SMARTS) is 1. The average molecular weight is 297 g/mol. The Hall–Kier alpha value is -1.80. The van der Waals surface area contributed by atoms with Gasteiger partial charge in [-0.25, -0.2) is 4.79 Å². The molecule has 1 aromatic rings. The second kappa shape index (κ2) is 6.06. The van der Waals surface area contributed by atoms with Crippen molar-refractivity contribution in [2.75, 3.05) is 7.11 Å². The van der Waals surface area contributed by atoms with Gasteiger partial charge in [-0.1, -0.05) is 11.8 Å². The Labute approximate surface area is 107 Å². The number of benzene rings is 1. The quantitative estimate of drug-likeness (QED) is 0.670. The zero-order valence-electron chi connectivity index (χ0n) is 8.99. The fourth-order valence-corrected chi connectivity index (χ4v) is 1.47. The summed E-state index contributed by atoms with van der Waals surface area (Å²) in [7, 11) is 1.28. The molecular weight excluding hydrogens is 288 g/mol. The van der Waals surface area contributed by atoms with Gasteiger partial charge in [0.05, 0.1) is 12.7 Å². The van der Waals surface area contributed by atoms with Gasteiger partial charge >= 0.3 is 11.9 Å². The van der Waals surface area contributed by atoms with Gasteiger partial charge in [0.15, 0.2) is 0 Å². The van der Waals surface area contributed by atoms with E-state index in [1.54, 1.807) is 12.1 Å². The van der Waals surface area contributed by atoms with Gasteiger partial charge in [0.25, 0.3) is 0 Å². The molecule has 1 rings (SSSR count). The van der Waals surface area contributed by atoms with E-state index in [0.717, 1.165) is 0 Å². The molecule has 0 fully saturated rings. The molecule has 88 valence electrons. The highest BCUT2D eigenvalue weighted by atomic mass is 79.9. The maximum absolute atomic E-state index is 10.9. The molecule has 0 heterocycles. The van der Waals surface area contributed by atoms with Crippen LogP contribution in [0.1, 0.15) is 22.3 Å². The highest BCUT2D eigenvalue weighted by molar-refractivity contribution is 9.10. The summed E-state index contributed by atoms with van der Waals surface area (Å²) in [6.45, 7) is 0. The summed E-state index contributed by atoms with van der Waals surface area (Å²) in [5, 5.41) is 8.89. The molecule has 1 N–H and O–H groups in total. The summed E-state index contributed by atoms with van der Waals surface area (Å²) in [5.74, 6) is 3.85. The third kappa shape index (κ3) is 3.93. The van der Waals surface area contributed by atoms with E-state index in [2.05, 4.69) is 32.5 Å².